The van der Waals surface area contributed by atoms with Crippen LogP contribution in [0.2, 0.25) is 15.1 Å². The molecule has 6 nitrogen and oxygen atoms in total. The summed E-state index contributed by atoms with van der Waals surface area (Å²) in [5.74, 6) is 0.702. The maximum atomic E-state index is 12.8. The van der Waals surface area contributed by atoms with Crippen molar-refractivity contribution in [2.24, 2.45) is 0 Å². The lowest BCUT2D eigenvalue weighted by atomic mass is 10.1. The highest BCUT2D eigenvalue weighted by Gasteiger charge is 2.15. The van der Waals surface area contributed by atoms with Gasteiger partial charge in [0.1, 0.15) is 30.6 Å². The fraction of sp³-hybridized carbons (Fsp3) is 0.125. The Kier molecular flexibility index (Phi) is 10.2. The Morgan fingerprint density at radius 1 is 0.902 bits per heavy atom. The fourth-order valence-corrected chi connectivity index (χ4v) is 4.49. The Bertz CT molecular complexity index is 1610. The van der Waals surface area contributed by atoms with Crippen molar-refractivity contribution < 1.29 is 19.0 Å². The molecule has 0 unspecified atom stereocenters. The molecule has 0 aromatic heterocycles. The van der Waals surface area contributed by atoms with Gasteiger partial charge in [-0.2, -0.15) is 5.26 Å². The second kappa shape index (κ2) is 14.0. The van der Waals surface area contributed by atoms with Gasteiger partial charge < -0.3 is 19.5 Å². The third kappa shape index (κ3) is 8.18. The number of anilines is 1. The van der Waals surface area contributed by atoms with E-state index in [-0.39, 0.29) is 17.2 Å². The Hall–Kier alpha value is -4.15. The molecule has 4 rings (SSSR count). The molecule has 0 saturated heterocycles. The number of aryl methyl sites for hydroxylation is 1. The molecule has 4 aromatic rings. The fourth-order valence-electron chi connectivity index (χ4n) is 3.75. The summed E-state index contributed by atoms with van der Waals surface area (Å²) in [6, 6.07) is 25.2. The zero-order valence-corrected chi connectivity index (χ0v) is 24.5. The number of amides is 1. The predicted molar refractivity (Wildman–Crippen MR) is 163 cm³/mol. The van der Waals surface area contributed by atoms with Crippen molar-refractivity contribution in [3.05, 3.63) is 122 Å². The van der Waals surface area contributed by atoms with Crippen LogP contribution in [0.3, 0.4) is 0 Å². The molecule has 0 fully saturated rings. The standard InChI is InChI=1S/C32H25Cl3N2O4/c1-20-3-5-21(6-4-20)18-40-27-11-9-26(10-12-27)37-32(38)24(17-36)13-22-14-29(35)31(30(15-22)39-2)41-19-23-7-8-25(33)16-28(23)34/h3-16H,18-19H2,1-2H3,(H,37,38)/b24-13+. The van der Waals surface area contributed by atoms with E-state index in [0.29, 0.717) is 50.7 Å². The van der Waals surface area contributed by atoms with E-state index in [9.17, 15) is 10.1 Å². The SMILES string of the molecule is COc1cc(/C=C(\C#N)C(=O)Nc2ccc(OCc3ccc(C)cc3)cc2)cc(Cl)c1OCc1ccc(Cl)cc1Cl. The van der Waals surface area contributed by atoms with Gasteiger partial charge >= 0.3 is 0 Å². The zero-order valence-electron chi connectivity index (χ0n) is 22.2. The van der Waals surface area contributed by atoms with Crippen molar-refractivity contribution in [2.75, 3.05) is 12.4 Å². The lowest BCUT2D eigenvalue weighted by Crippen LogP contribution is -2.13. The molecule has 0 atom stereocenters. The number of ether oxygens (including phenoxy) is 3. The molecule has 0 radical (unpaired) electrons. The summed E-state index contributed by atoms with van der Waals surface area (Å²) in [4.78, 5) is 12.8. The van der Waals surface area contributed by atoms with Crippen LogP contribution in [0.1, 0.15) is 22.3 Å². The van der Waals surface area contributed by atoms with E-state index in [4.69, 9.17) is 49.0 Å². The highest BCUT2D eigenvalue weighted by molar-refractivity contribution is 6.35. The van der Waals surface area contributed by atoms with Gasteiger partial charge in [0.05, 0.1) is 12.1 Å². The third-order valence-corrected chi connectivity index (χ3v) is 6.82. The van der Waals surface area contributed by atoms with Crippen molar-refractivity contribution in [1.29, 1.82) is 5.26 Å². The molecular formula is C32H25Cl3N2O4. The van der Waals surface area contributed by atoms with Gasteiger partial charge in [0, 0.05) is 21.3 Å². The Morgan fingerprint density at radius 3 is 2.29 bits per heavy atom. The number of benzene rings is 4. The van der Waals surface area contributed by atoms with Gasteiger partial charge in [0.15, 0.2) is 11.5 Å². The summed E-state index contributed by atoms with van der Waals surface area (Å²) >= 11 is 18.7. The topological polar surface area (TPSA) is 80.6 Å². The van der Waals surface area contributed by atoms with Crippen LogP contribution in [0.4, 0.5) is 5.69 Å². The number of nitriles is 1. The van der Waals surface area contributed by atoms with Crippen LogP contribution in [0, 0.1) is 18.3 Å². The molecule has 41 heavy (non-hydrogen) atoms. The second-order valence-corrected chi connectivity index (χ2v) is 10.2. The van der Waals surface area contributed by atoms with Crippen LogP contribution in [-0.4, -0.2) is 13.0 Å². The molecule has 0 aliphatic carbocycles. The number of methoxy groups -OCH3 is 1. The highest BCUT2D eigenvalue weighted by Crippen LogP contribution is 2.38. The summed E-state index contributed by atoms with van der Waals surface area (Å²) in [5.41, 5.74) is 3.83. The monoisotopic (exact) mass is 606 g/mol. The minimum absolute atomic E-state index is 0.121. The van der Waals surface area contributed by atoms with E-state index in [1.165, 1.54) is 18.7 Å². The highest BCUT2D eigenvalue weighted by atomic mass is 35.5. The van der Waals surface area contributed by atoms with Gasteiger partial charge in [0.2, 0.25) is 0 Å². The quantitative estimate of drug-likeness (QED) is 0.144. The predicted octanol–water partition coefficient (Wildman–Crippen LogP) is 8.67. The minimum atomic E-state index is -0.575. The van der Waals surface area contributed by atoms with Crippen molar-refractivity contribution in [2.45, 2.75) is 20.1 Å². The number of halogens is 3. The van der Waals surface area contributed by atoms with Crippen molar-refractivity contribution in [3.8, 4) is 23.3 Å². The normalized spacial score (nSPS) is 11.0. The molecule has 1 N–H and O–H groups in total. The van der Waals surface area contributed by atoms with Crippen LogP contribution in [0.25, 0.3) is 6.08 Å². The average molecular weight is 608 g/mol. The van der Waals surface area contributed by atoms with E-state index in [1.54, 1.807) is 54.6 Å². The molecule has 0 bridgehead atoms. The summed E-state index contributed by atoms with van der Waals surface area (Å²) in [5, 5.41) is 13.6. The molecule has 4 aromatic carbocycles. The first kappa shape index (κ1) is 29.8. The summed E-state index contributed by atoms with van der Waals surface area (Å²) in [6.07, 6.45) is 1.42. The van der Waals surface area contributed by atoms with E-state index in [1.807, 2.05) is 37.3 Å². The number of hydrogen-bond donors (Lipinski definition) is 1. The van der Waals surface area contributed by atoms with Crippen LogP contribution in [0.15, 0.2) is 84.4 Å². The molecule has 0 heterocycles. The number of nitrogens with zero attached hydrogens (tertiary/aromatic N) is 1. The first-order valence-electron chi connectivity index (χ1n) is 12.4. The molecule has 9 heteroatoms. The van der Waals surface area contributed by atoms with Crippen LogP contribution in [-0.2, 0) is 18.0 Å². The molecule has 0 saturated carbocycles. The summed E-state index contributed by atoms with van der Waals surface area (Å²) < 4.78 is 17.1. The van der Waals surface area contributed by atoms with Crippen LogP contribution < -0.4 is 19.5 Å². The van der Waals surface area contributed by atoms with Crippen molar-refractivity contribution in [3.63, 3.8) is 0 Å². The van der Waals surface area contributed by atoms with Crippen LogP contribution >= 0.6 is 34.8 Å². The molecule has 0 aliphatic rings. The molecule has 208 valence electrons. The number of carbonyl (C=O) groups excluding carboxylic acids is 1. The number of carbonyl (C=O) groups is 1. The lowest BCUT2D eigenvalue weighted by Gasteiger charge is -2.14. The smallest absolute Gasteiger partial charge is 0.266 e. The van der Waals surface area contributed by atoms with Crippen LogP contribution in [0.5, 0.6) is 17.2 Å². The third-order valence-electron chi connectivity index (χ3n) is 5.95. The summed E-state index contributed by atoms with van der Waals surface area (Å²) in [6.45, 7) is 2.59. The van der Waals surface area contributed by atoms with E-state index >= 15 is 0 Å². The van der Waals surface area contributed by atoms with Gasteiger partial charge in [0.25, 0.3) is 5.91 Å². The van der Waals surface area contributed by atoms with Gasteiger partial charge in [-0.25, -0.2) is 0 Å². The second-order valence-electron chi connectivity index (χ2n) is 8.98. The Labute approximate surface area is 253 Å². The van der Waals surface area contributed by atoms with Crippen molar-refractivity contribution in [1.82, 2.24) is 0 Å². The maximum Gasteiger partial charge on any atom is 0.266 e. The van der Waals surface area contributed by atoms with Gasteiger partial charge in [-0.05, 0) is 72.7 Å². The minimum Gasteiger partial charge on any atom is -0.493 e. The van der Waals surface area contributed by atoms with Gasteiger partial charge in [-0.1, -0.05) is 70.7 Å². The van der Waals surface area contributed by atoms with E-state index < -0.39 is 5.91 Å². The molecular weight excluding hydrogens is 583 g/mol. The number of hydrogen-bond acceptors (Lipinski definition) is 5. The Balaban J connectivity index is 1.42. The first-order chi connectivity index (χ1) is 19.7. The summed E-state index contributed by atoms with van der Waals surface area (Å²) in [7, 11) is 1.47. The molecule has 1 amide bonds. The molecule has 0 aliphatic heterocycles. The first-order valence-corrected chi connectivity index (χ1v) is 13.5. The van der Waals surface area contributed by atoms with Crippen molar-refractivity contribution >= 4 is 52.5 Å². The average Bonchev–Trinajstić information content (AvgIpc) is 2.96. The van der Waals surface area contributed by atoms with Gasteiger partial charge in [-0.15, -0.1) is 0 Å². The van der Waals surface area contributed by atoms with Gasteiger partial charge in [-0.3, -0.25) is 4.79 Å². The maximum absolute atomic E-state index is 12.8. The van der Waals surface area contributed by atoms with E-state index in [2.05, 4.69) is 5.32 Å². The zero-order chi connectivity index (χ0) is 29.4. The molecule has 0 spiro atoms. The van der Waals surface area contributed by atoms with E-state index in [0.717, 1.165) is 5.56 Å². The lowest BCUT2D eigenvalue weighted by molar-refractivity contribution is -0.112. The largest absolute Gasteiger partial charge is 0.493 e. The Morgan fingerprint density at radius 2 is 1.63 bits per heavy atom. The number of rotatable bonds is 10. The number of nitrogens with one attached hydrogen (secondary N) is 1.